The van der Waals surface area contributed by atoms with Crippen LogP contribution < -0.4 is 5.73 Å². The van der Waals surface area contributed by atoms with Gasteiger partial charge in [-0.15, -0.1) is 11.8 Å². The van der Waals surface area contributed by atoms with Crippen LogP contribution >= 0.6 is 23.4 Å². The summed E-state index contributed by atoms with van der Waals surface area (Å²) in [6, 6.07) is 16.1. The fourth-order valence-electron chi connectivity index (χ4n) is 1.61. The van der Waals surface area contributed by atoms with Gasteiger partial charge in [-0.2, -0.15) is 0 Å². The van der Waals surface area contributed by atoms with Gasteiger partial charge in [-0.05, 0) is 29.8 Å². The van der Waals surface area contributed by atoms with E-state index in [1.54, 1.807) is 11.8 Å². The minimum atomic E-state index is 0.388. The molecule has 0 aromatic heterocycles. The van der Waals surface area contributed by atoms with Crippen LogP contribution in [0.1, 0.15) is 11.1 Å². The first kappa shape index (κ1) is 14.0. The Hall–Kier alpha value is -1.40. The van der Waals surface area contributed by atoms with Gasteiger partial charge >= 0.3 is 0 Å². The molecule has 0 atom stereocenters. The summed E-state index contributed by atoms with van der Waals surface area (Å²) in [6.07, 6.45) is 0. The van der Waals surface area contributed by atoms with Crippen molar-refractivity contribution in [3.8, 4) is 11.8 Å². The maximum absolute atomic E-state index is 6.13. The van der Waals surface area contributed by atoms with Gasteiger partial charge in [0.05, 0.1) is 11.6 Å². The van der Waals surface area contributed by atoms with E-state index in [9.17, 15) is 0 Å². The minimum Gasteiger partial charge on any atom is -0.320 e. The largest absolute Gasteiger partial charge is 0.320 e. The third-order valence-corrected chi connectivity index (χ3v) is 4.08. The van der Waals surface area contributed by atoms with Crippen LogP contribution in [0.5, 0.6) is 0 Å². The molecule has 0 fully saturated rings. The molecule has 0 amide bonds. The molecule has 96 valence electrons. The van der Waals surface area contributed by atoms with Crippen LogP contribution in [-0.4, -0.2) is 6.54 Å². The van der Waals surface area contributed by atoms with Crippen molar-refractivity contribution in [3.05, 3.63) is 64.7 Å². The second-order valence-electron chi connectivity index (χ2n) is 3.93. The van der Waals surface area contributed by atoms with E-state index in [-0.39, 0.29) is 0 Å². The van der Waals surface area contributed by atoms with Crippen LogP contribution in [0.15, 0.2) is 53.4 Å². The monoisotopic (exact) mass is 287 g/mol. The van der Waals surface area contributed by atoms with Crippen molar-refractivity contribution >= 4 is 23.4 Å². The molecule has 2 aromatic carbocycles. The summed E-state index contributed by atoms with van der Waals surface area (Å²) in [7, 11) is 0. The topological polar surface area (TPSA) is 26.0 Å². The zero-order chi connectivity index (χ0) is 13.5. The Bertz CT molecular complexity index is 613. The van der Waals surface area contributed by atoms with Crippen LogP contribution in [0.3, 0.4) is 0 Å². The molecule has 0 bridgehead atoms. The van der Waals surface area contributed by atoms with E-state index in [1.165, 1.54) is 5.56 Å². The van der Waals surface area contributed by atoms with E-state index in [1.807, 2.05) is 36.4 Å². The summed E-state index contributed by atoms with van der Waals surface area (Å²) in [5.41, 5.74) is 7.61. The van der Waals surface area contributed by atoms with Crippen LogP contribution in [0.4, 0.5) is 0 Å². The Morgan fingerprint density at radius 1 is 1.11 bits per heavy atom. The molecular weight excluding hydrogens is 274 g/mol. The minimum absolute atomic E-state index is 0.388. The van der Waals surface area contributed by atoms with E-state index in [0.29, 0.717) is 6.54 Å². The number of rotatable bonds is 3. The van der Waals surface area contributed by atoms with E-state index < -0.39 is 0 Å². The van der Waals surface area contributed by atoms with Crippen molar-refractivity contribution in [2.24, 2.45) is 5.73 Å². The van der Waals surface area contributed by atoms with Gasteiger partial charge in [0.2, 0.25) is 0 Å². The quantitative estimate of drug-likeness (QED) is 0.683. The van der Waals surface area contributed by atoms with Crippen LogP contribution in [-0.2, 0) is 5.75 Å². The summed E-state index contributed by atoms with van der Waals surface area (Å²) < 4.78 is 0. The average molecular weight is 288 g/mol. The van der Waals surface area contributed by atoms with E-state index >= 15 is 0 Å². The normalized spacial score (nSPS) is 9.79. The molecule has 2 rings (SSSR count). The van der Waals surface area contributed by atoms with Crippen LogP contribution in [0.2, 0.25) is 5.02 Å². The maximum Gasteiger partial charge on any atom is 0.0555 e. The highest BCUT2D eigenvalue weighted by Gasteiger charge is 2.01. The number of benzene rings is 2. The standard InChI is InChI=1S/C16H14ClNS/c17-15-8-1-2-9-16(15)19-12-14-6-3-5-13(11-14)7-4-10-18/h1-3,5-6,8-9,11H,10,12,18H2. The lowest BCUT2D eigenvalue weighted by Crippen LogP contribution is -1.93. The van der Waals surface area contributed by atoms with Gasteiger partial charge in [-0.25, -0.2) is 0 Å². The second-order valence-corrected chi connectivity index (χ2v) is 5.35. The Morgan fingerprint density at radius 3 is 2.74 bits per heavy atom. The highest BCUT2D eigenvalue weighted by molar-refractivity contribution is 7.98. The van der Waals surface area contributed by atoms with Crippen molar-refractivity contribution in [2.75, 3.05) is 6.54 Å². The first-order valence-electron chi connectivity index (χ1n) is 5.95. The van der Waals surface area contributed by atoms with Crippen molar-refractivity contribution < 1.29 is 0 Å². The first-order chi connectivity index (χ1) is 9.29. The number of hydrogen-bond acceptors (Lipinski definition) is 2. The zero-order valence-electron chi connectivity index (χ0n) is 10.4. The van der Waals surface area contributed by atoms with Crippen molar-refractivity contribution in [1.82, 2.24) is 0 Å². The molecule has 0 aliphatic carbocycles. The third kappa shape index (κ3) is 4.33. The van der Waals surface area contributed by atoms with E-state index in [2.05, 4.69) is 24.0 Å². The predicted octanol–water partition coefficient (Wildman–Crippen LogP) is 3.94. The van der Waals surface area contributed by atoms with Crippen LogP contribution in [0, 0.1) is 11.8 Å². The third-order valence-electron chi connectivity index (χ3n) is 2.49. The lowest BCUT2D eigenvalue weighted by molar-refractivity contribution is 1.30. The number of nitrogens with two attached hydrogens (primary N) is 1. The van der Waals surface area contributed by atoms with Gasteiger partial charge in [0.15, 0.2) is 0 Å². The van der Waals surface area contributed by atoms with E-state index in [0.717, 1.165) is 21.2 Å². The lowest BCUT2D eigenvalue weighted by atomic mass is 10.1. The summed E-state index contributed by atoms with van der Waals surface area (Å²) in [4.78, 5) is 1.10. The molecule has 2 N–H and O–H groups in total. The molecular formula is C16H14ClNS. The maximum atomic E-state index is 6.13. The molecule has 0 spiro atoms. The molecule has 0 saturated heterocycles. The van der Waals surface area contributed by atoms with Gasteiger partial charge in [0.1, 0.15) is 0 Å². The zero-order valence-corrected chi connectivity index (χ0v) is 12.0. The average Bonchev–Trinajstić information content (AvgIpc) is 2.45. The molecule has 0 unspecified atom stereocenters. The molecule has 0 radical (unpaired) electrons. The highest BCUT2D eigenvalue weighted by atomic mass is 35.5. The van der Waals surface area contributed by atoms with Gasteiger partial charge in [-0.1, -0.05) is 47.7 Å². The molecule has 0 aliphatic rings. The fourth-order valence-corrected chi connectivity index (χ4v) is 2.80. The fraction of sp³-hybridized carbons (Fsp3) is 0.125. The first-order valence-corrected chi connectivity index (χ1v) is 7.31. The summed E-state index contributed by atoms with van der Waals surface area (Å²) in [6.45, 7) is 0.388. The van der Waals surface area contributed by atoms with Crippen molar-refractivity contribution in [3.63, 3.8) is 0 Å². The number of hydrogen-bond donors (Lipinski definition) is 1. The smallest absolute Gasteiger partial charge is 0.0555 e. The molecule has 0 saturated carbocycles. The molecule has 3 heteroatoms. The van der Waals surface area contributed by atoms with Gasteiger partial charge in [0, 0.05) is 16.2 Å². The Kier molecular flexibility index (Phi) is 5.35. The lowest BCUT2D eigenvalue weighted by Gasteiger charge is -2.04. The van der Waals surface area contributed by atoms with Gasteiger partial charge < -0.3 is 5.73 Å². The summed E-state index contributed by atoms with van der Waals surface area (Å²) in [5.74, 6) is 6.79. The highest BCUT2D eigenvalue weighted by Crippen LogP contribution is 2.29. The summed E-state index contributed by atoms with van der Waals surface area (Å²) >= 11 is 7.86. The van der Waals surface area contributed by atoms with Crippen LogP contribution in [0.25, 0.3) is 0 Å². The summed E-state index contributed by atoms with van der Waals surface area (Å²) in [5, 5.41) is 0.798. The SMILES string of the molecule is NCC#Cc1cccc(CSc2ccccc2Cl)c1. The van der Waals surface area contributed by atoms with Gasteiger partial charge in [0.25, 0.3) is 0 Å². The Morgan fingerprint density at radius 2 is 1.95 bits per heavy atom. The molecule has 2 aromatic rings. The predicted molar refractivity (Wildman–Crippen MR) is 83.4 cm³/mol. The second kappa shape index (κ2) is 7.25. The Balaban J connectivity index is 2.06. The Labute approximate surface area is 123 Å². The number of halogens is 1. The van der Waals surface area contributed by atoms with Crippen molar-refractivity contribution in [1.29, 1.82) is 0 Å². The molecule has 19 heavy (non-hydrogen) atoms. The van der Waals surface area contributed by atoms with Crippen molar-refractivity contribution in [2.45, 2.75) is 10.6 Å². The molecule has 0 aliphatic heterocycles. The molecule has 0 heterocycles. The molecule has 1 nitrogen and oxygen atoms in total. The van der Waals surface area contributed by atoms with Gasteiger partial charge in [-0.3, -0.25) is 0 Å². The number of thioether (sulfide) groups is 1. The van der Waals surface area contributed by atoms with E-state index in [4.69, 9.17) is 17.3 Å².